The average Bonchev–Trinajstić information content (AvgIpc) is 3.42. The molecule has 1 aliphatic carbocycles. The summed E-state index contributed by atoms with van der Waals surface area (Å²) in [5, 5.41) is 3.74. The number of carbonyl (C=O) groups is 3. The van der Waals surface area contributed by atoms with E-state index in [-0.39, 0.29) is 19.2 Å². The van der Waals surface area contributed by atoms with Gasteiger partial charge in [-0.05, 0) is 29.5 Å². The van der Waals surface area contributed by atoms with Crippen molar-refractivity contribution >= 4 is 26.2 Å². The summed E-state index contributed by atoms with van der Waals surface area (Å²) in [6.45, 7) is 2.78. The Balaban J connectivity index is 1.34. The van der Waals surface area contributed by atoms with Crippen LogP contribution in [0.15, 0.2) is 78.9 Å². The lowest BCUT2D eigenvalue weighted by Gasteiger charge is -2.32. The van der Waals surface area contributed by atoms with Crippen LogP contribution in [-0.4, -0.2) is 59.8 Å². The zero-order valence-corrected chi connectivity index (χ0v) is 28.4. The zero-order valence-electron chi connectivity index (χ0n) is 27.5. The van der Waals surface area contributed by atoms with E-state index in [9.17, 15) is 23.8 Å². The second-order valence-corrected chi connectivity index (χ2v) is 12.9. The van der Waals surface area contributed by atoms with Crippen LogP contribution in [-0.2, 0) is 39.4 Å². The van der Waals surface area contributed by atoms with Crippen molar-refractivity contribution in [2.24, 2.45) is 5.92 Å². The van der Waals surface area contributed by atoms with Gasteiger partial charge in [-0.3, -0.25) is 23.5 Å². The van der Waals surface area contributed by atoms with Crippen LogP contribution in [0.3, 0.4) is 0 Å². The van der Waals surface area contributed by atoms with E-state index < -0.39 is 38.8 Å². The van der Waals surface area contributed by atoms with E-state index in [2.05, 4.69) is 5.32 Å². The largest absolute Gasteiger partial charge is 0.474 e. The lowest BCUT2D eigenvalue weighted by molar-refractivity contribution is -0.221. The first kappa shape index (κ1) is 36.8. The molecule has 0 saturated carbocycles. The van der Waals surface area contributed by atoms with E-state index in [1.54, 1.807) is 31.2 Å². The molecule has 258 valence electrons. The molecule has 0 radical (unpaired) electrons. The van der Waals surface area contributed by atoms with Crippen molar-refractivity contribution < 1.29 is 42.5 Å². The Hall–Kier alpha value is -4.06. The van der Waals surface area contributed by atoms with Crippen LogP contribution < -0.4 is 5.32 Å². The van der Waals surface area contributed by atoms with Crippen molar-refractivity contribution in [2.45, 2.75) is 64.7 Å². The van der Waals surface area contributed by atoms with Crippen LogP contribution in [0.2, 0.25) is 0 Å². The van der Waals surface area contributed by atoms with Crippen LogP contribution in [0.5, 0.6) is 0 Å². The zero-order chi connectivity index (χ0) is 34.5. The van der Waals surface area contributed by atoms with Crippen molar-refractivity contribution in [3.05, 3.63) is 95.6 Å². The molecule has 1 unspecified atom stereocenters. The van der Waals surface area contributed by atoms with Crippen molar-refractivity contribution in [2.75, 3.05) is 20.5 Å². The SMILES string of the molecule is CCCCC[C@@H](C(=O)NCN(C)C(=O)OC1c2ccccc2-c2ccccc21)[C@@H](CC)N(C=O)OCOP(=O)(O)OCc1ccccc1. The maximum Gasteiger partial charge on any atom is 0.474 e. The van der Waals surface area contributed by atoms with E-state index >= 15 is 0 Å². The maximum absolute atomic E-state index is 13.6. The number of unbranched alkanes of at least 4 members (excludes halogenated alkanes) is 2. The number of nitrogens with one attached hydrogen (secondary N) is 1. The van der Waals surface area contributed by atoms with E-state index in [0.29, 0.717) is 31.2 Å². The number of phosphoric acid groups is 1. The second kappa shape index (κ2) is 17.9. The Morgan fingerprint density at radius 3 is 2.17 bits per heavy atom. The molecular weight excluding hydrogens is 637 g/mol. The van der Waals surface area contributed by atoms with Gasteiger partial charge in [0.2, 0.25) is 12.3 Å². The summed E-state index contributed by atoms with van der Waals surface area (Å²) < 4.78 is 28.2. The molecular formula is C35H44N3O9P. The molecule has 4 rings (SSSR count). The standard InChI is InChI=1S/C35H44N3O9P/c1-4-6-8-21-31(32(5-2)38(24-39)44-25-46-48(42,43)45-22-26-15-9-7-10-16-26)34(40)36-23-37(3)35(41)47-33-29-19-13-11-17-27(29)28-18-12-14-20-30(28)33/h7,9-20,24,31-33H,4-6,8,21-23,25H2,1-3H3,(H,36,40)(H,42,43)/t31-,32-/m1/s1. The van der Waals surface area contributed by atoms with E-state index in [1.165, 1.54) is 11.9 Å². The Morgan fingerprint density at radius 1 is 0.938 bits per heavy atom. The second-order valence-electron chi connectivity index (χ2n) is 11.5. The Morgan fingerprint density at radius 2 is 1.56 bits per heavy atom. The first-order valence-corrected chi connectivity index (χ1v) is 17.6. The highest BCUT2D eigenvalue weighted by molar-refractivity contribution is 7.47. The molecule has 2 N–H and O–H groups in total. The summed E-state index contributed by atoms with van der Waals surface area (Å²) >= 11 is 0. The van der Waals surface area contributed by atoms with E-state index in [1.807, 2.05) is 61.5 Å². The number of benzene rings is 3. The summed E-state index contributed by atoms with van der Waals surface area (Å²) in [5.74, 6) is -1.09. The molecule has 3 aromatic rings. The lowest BCUT2D eigenvalue weighted by atomic mass is 9.90. The number of hydroxylamine groups is 2. The average molecular weight is 682 g/mol. The van der Waals surface area contributed by atoms with E-state index in [0.717, 1.165) is 40.2 Å². The Bertz CT molecular complexity index is 1510. The number of fused-ring (bicyclic) bond motifs is 3. The quantitative estimate of drug-likeness (QED) is 0.0473. The molecule has 0 aliphatic heterocycles. The third-order valence-electron chi connectivity index (χ3n) is 8.22. The number of amides is 3. The minimum Gasteiger partial charge on any atom is -0.436 e. The first-order chi connectivity index (χ1) is 23.2. The van der Waals surface area contributed by atoms with Crippen LogP contribution in [0, 0.1) is 5.92 Å². The highest BCUT2D eigenvalue weighted by Gasteiger charge is 2.34. The molecule has 0 fully saturated rings. The predicted octanol–water partition coefficient (Wildman–Crippen LogP) is 6.55. The number of carbonyl (C=O) groups excluding carboxylic acids is 3. The molecule has 1 aliphatic rings. The molecule has 12 nitrogen and oxygen atoms in total. The van der Waals surface area contributed by atoms with Gasteiger partial charge >= 0.3 is 13.9 Å². The molecule has 13 heteroatoms. The summed E-state index contributed by atoms with van der Waals surface area (Å²) in [7, 11) is -2.97. The van der Waals surface area contributed by atoms with Crippen molar-refractivity contribution in [1.82, 2.24) is 15.3 Å². The topological polar surface area (TPSA) is 144 Å². The Labute approximate surface area is 281 Å². The fraction of sp³-hybridized carbons (Fsp3) is 0.400. The predicted molar refractivity (Wildman–Crippen MR) is 179 cm³/mol. The van der Waals surface area contributed by atoms with Crippen LogP contribution in [0.4, 0.5) is 4.79 Å². The van der Waals surface area contributed by atoms with Gasteiger partial charge in [0.1, 0.15) is 0 Å². The normalized spacial score (nSPS) is 14.6. The van der Waals surface area contributed by atoms with Gasteiger partial charge in [0.15, 0.2) is 12.9 Å². The van der Waals surface area contributed by atoms with Crippen LogP contribution in [0.1, 0.15) is 68.7 Å². The lowest BCUT2D eigenvalue weighted by Crippen LogP contribution is -2.49. The molecule has 3 amide bonds. The van der Waals surface area contributed by atoms with E-state index in [4.69, 9.17) is 18.6 Å². The number of hydrogen-bond donors (Lipinski definition) is 2. The molecule has 48 heavy (non-hydrogen) atoms. The summed E-state index contributed by atoms with van der Waals surface area (Å²) in [6.07, 6.45) is 2.50. The molecule has 0 aromatic heterocycles. The molecule has 3 atom stereocenters. The van der Waals surface area contributed by atoms with Gasteiger partial charge in [0.25, 0.3) is 0 Å². The molecule has 0 heterocycles. The van der Waals surface area contributed by atoms with Gasteiger partial charge < -0.3 is 14.9 Å². The Kier molecular flexibility index (Phi) is 13.7. The minimum absolute atomic E-state index is 0.133. The van der Waals surface area contributed by atoms with Crippen LogP contribution >= 0.6 is 7.82 Å². The first-order valence-electron chi connectivity index (χ1n) is 16.1. The van der Waals surface area contributed by atoms with Gasteiger partial charge in [-0.1, -0.05) is 112 Å². The van der Waals surface area contributed by atoms with Gasteiger partial charge in [0, 0.05) is 18.2 Å². The number of hydrogen-bond acceptors (Lipinski definition) is 8. The summed E-state index contributed by atoms with van der Waals surface area (Å²) in [5.41, 5.74) is 4.48. The smallest absolute Gasteiger partial charge is 0.436 e. The number of ether oxygens (including phenoxy) is 1. The summed E-state index contributed by atoms with van der Waals surface area (Å²) in [4.78, 5) is 55.7. The van der Waals surface area contributed by atoms with Crippen molar-refractivity contribution in [3.8, 4) is 11.1 Å². The van der Waals surface area contributed by atoms with Gasteiger partial charge in [-0.2, -0.15) is 0 Å². The third-order valence-corrected chi connectivity index (χ3v) is 9.11. The van der Waals surface area contributed by atoms with Crippen molar-refractivity contribution in [1.29, 1.82) is 0 Å². The van der Waals surface area contributed by atoms with Gasteiger partial charge in [-0.15, -0.1) is 0 Å². The molecule has 0 saturated heterocycles. The number of nitrogens with zero attached hydrogens (tertiary/aromatic N) is 2. The van der Waals surface area contributed by atoms with Gasteiger partial charge in [0.05, 0.1) is 25.2 Å². The monoisotopic (exact) mass is 681 g/mol. The maximum atomic E-state index is 13.6. The molecule has 3 aromatic carbocycles. The fourth-order valence-corrected chi connectivity index (χ4v) is 6.26. The van der Waals surface area contributed by atoms with Gasteiger partial charge in [-0.25, -0.2) is 19.3 Å². The highest BCUT2D eigenvalue weighted by atomic mass is 31.2. The minimum atomic E-state index is -4.50. The summed E-state index contributed by atoms with van der Waals surface area (Å²) in [6, 6.07) is 23.6. The molecule has 0 bridgehead atoms. The number of phosphoric ester groups is 1. The van der Waals surface area contributed by atoms with Crippen LogP contribution in [0.25, 0.3) is 11.1 Å². The third kappa shape index (κ3) is 9.74. The molecule has 0 spiro atoms. The number of rotatable bonds is 19. The highest BCUT2D eigenvalue weighted by Crippen LogP contribution is 2.45. The fourth-order valence-electron chi connectivity index (χ4n) is 5.70. The van der Waals surface area contributed by atoms with Crippen molar-refractivity contribution in [3.63, 3.8) is 0 Å².